The van der Waals surface area contributed by atoms with Gasteiger partial charge in [0, 0.05) is 44.1 Å². The highest BCUT2D eigenvalue weighted by Gasteiger charge is 2.20. The Hall–Kier alpha value is -7.04. The number of hydrogen-bond donors (Lipinski definition) is 2. The van der Waals surface area contributed by atoms with Crippen molar-refractivity contribution in [3.8, 4) is 28.5 Å². The number of para-hydroxylation sites is 1. The van der Waals surface area contributed by atoms with Crippen molar-refractivity contribution in [2.24, 2.45) is 0 Å². The molecular formula is C44H52N12O5. The quantitative estimate of drug-likeness (QED) is 0.133. The van der Waals surface area contributed by atoms with Crippen LogP contribution in [0.5, 0.6) is 5.75 Å². The van der Waals surface area contributed by atoms with E-state index in [1.54, 1.807) is 33.3 Å². The molecule has 0 bridgehead atoms. The second-order valence-corrected chi connectivity index (χ2v) is 15.0. The Morgan fingerprint density at radius 2 is 1.05 bits per heavy atom. The molecule has 0 radical (unpaired) electrons. The van der Waals surface area contributed by atoms with E-state index in [0.29, 0.717) is 86.1 Å². The normalized spacial score (nSPS) is 11.4. The Balaban J connectivity index is 0.000000184. The second kappa shape index (κ2) is 18.5. The maximum absolute atomic E-state index is 12.9. The minimum absolute atomic E-state index is 0.302. The van der Waals surface area contributed by atoms with Gasteiger partial charge in [0.05, 0.1) is 43.7 Å². The summed E-state index contributed by atoms with van der Waals surface area (Å²) in [4.78, 5) is 66.9. The molecule has 0 amide bonds. The molecule has 0 spiro atoms. The van der Waals surface area contributed by atoms with E-state index in [1.165, 1.54) is 14.7 Å². The maximum Gasteiger partial charge on any atom is 0.332 e. The topological polar surface area (TPSA) is 190 Å². The first-order chi connectivity index (χ1) is 29.6. The fourth-order valence-corrected chi connectivity index (χ4v) is 7.33. The first kappa shape index (κ1) is 42.1. The minimum atomic E-state index is -0.339. The molecule has 2 aromatic carbocycles. The third-order valence-corrected chi connectivity index (χ3v) is 10.3. The standard InChI is InChI=1S/C22H26N6O3.C22H26N6O2/c1-4-10-27-20-18(21(29)28(11-5-2)22(27)30)24-19(25-20)16-12-23-26(14-16)13-15-8-6-7-9-17(15)31-3;1-4-10-27-20-18(21(29)28(11-5-2)22(27)30)24-19(25-20)17-12-23-26(14-17)13-16-8-6-15(3)7-9-16/h6-9,12,14H,4-5,10-11,13H2,1-3H3,(H,24,25);6-9,12,14H,4-5,10-11,13H2,1-3H3,(H,24,25). The zero-order chi connectivity index (χ0) is 43.2. The molecule has 17 nitrogen and oxygen atoms in total. The Kier molecular flexibility index (Phi) is 12.8. The van der Waals surface area contributed by atoms with Crippen molar-refractivity contribution in [2.75, 3.05) is 7.11 Å². The van der Waals surface area contributed by atoms with Crippen LogP contribution in [0.25, 0.3) is 45.1 Å². The molecule has 0 fully saturated rings. The monoisotopic (exact) mass is 828 g/mol. The van der Waals surface area contributed by atoms with Crippen LogP contribution in [0.15, 0.2) is 92.5 Å². The molecule has 0 aliphatic rings. The number of methoxy groups -OCH3 is 1. The Labute approximate surface area is 350 Å². The van der Waals surface area contributed by atoms with Crippen LogP contribution in [0.3, 0.4) is 0 Å². The number of imidazole rings is 2. The van der Waals surface area contributed by atoms with Crippen molar-refractivity contribution in [3.05, 3.63) is 132 Å². The van der Waals surface area contributed by atoms with Crippen molar-refractivity contribution in [1.82, 2.24) is 57.8 Å². The largest absolute Gasteiger partial charge is 0.496 e. The van der Waals surface area contributed by atoms with Gasteiger partial charge in [-0.1, -0.05) is 75.7 Å². The predicted octanol–water partition coefficient (Wildman–Crippen LogP) is 5.55. The van der Waals surface area contributed by atoms with Gasteiger partial charge in [-0.25, -0.2) is 19.6 Å². The van der Waals surface area contributed by atoms with Gasteiger partial charge in [-0.15, -0.1) is 0 Å². The van der Waals surface area contributed by atoms with Gasteiger partial charge >= 0.3 is 11.4 Å². The first-order valence-electron chi connectivity index (χ1n) is 20.8. The van der Waals surface area contributed by atoms with E-state index >= 15 is 0 Å². The van der Waals surface area contributed by atoms with Crippen LogP contribution < -0.4 is 27.2 Å². The van der Waals surface area contributed by atoms with Gasteiger partial charge in [0.2, 0.25) is 0 Å². The van der Waals surface area contributed by atoms with E-state index in [-0.39, 0.29) is 22.5 Å². The zero-order valence-electron chi connectivity index (χ0n) is 35.5. The van der Waals surface area contributed by atoms with Gasteiger partial charge in [-0.2, -0.15) is 10.2 Å². The fraction of sp³-hybridized carbons (Fsp3) is 0.364. The highest BCUT2D eigenvalue weighted by molar-refractivity contribution is 5.76. The predicted molar refractivity (Wildman–Crippen MR) is 235 cm³/mol. The van der Waals surface area contributed by atoms with Crippen molar-refractivity contribution in [1.29, 1.82) is 0 Å². The molecule has 61 heavy (non-hydrogen) atoms. The van der Waals surface area contributed by atoms with Crippen LogP contribution in [0.4, 0.5) is 0 Å². The summed E-state index contributed by atoms with van der Waals surface area (Å²) < 4.78 is 14.8. The molecule has 2 N–H and O–H groups in total. The molecule has 0 saturated heterocycles. The Morgan fingerprint density at radius 1 is 0.590 bits per heavy atom. The highest BCUT2D eigenvalue weighted by atomic mass is 16.5. The number of aromatic amines is 2. The zero-order valence-corrected chi connectivity index (χ0v) is 35.5. The van der Waals surface area contributed by atoms with Gasteiger partial charge < -0.3 is 14.7 Å². The molecule has 6 heterocycles. The van der Waals surface area contributed by atoms with Crippen molar-refractivity contribution in [2.45, 2.75) is 99.6 Å². The van der Waals surface area contributed by atoms with E-state index < -0.39 is 0 Å². The average Bonchev–Trinajstić information content (AvgIpc) is 4.10. The van der Waals surface area contributed by atoms with Gasteiger partial charge in [0.25, 0.3) is 11.1 Å². The Bertz CT molecular complexity index is 3030. The number of rotatable bonds is 15. The van der Waals surface area contributed by atoms with E-state index in [9.17, 15) is 19.2 Å². The van der Waals surface area contributed by atoms with Crippen LogP contribution >= 0.6 is 0 Å². The number of ether oxygens (including phenoxy) is 1. The second-order valence-electron chi connectivity index (χ2n) is 15.0. The lowest BCUT2D eigenvalue weighted by Gasteiger charge is -2.09. The molecule has 0 saturated carbocycles. The third kappa shape index (κ3) is 8.67. The molecule has 6 aromatic heterocycles. The molecule has 0 aliphatic carbocycles. The van der Waals surface area contributed by atoms with E-state index in [2.05, 4.69) is 61.3 Å². The number of aryl methyl sites for hydroxylation is 3. The van der Waals surface area contributed by atoms with Gasteiger partial charge in [-0.05, 0) is 44.2 Å². The molecule has 0 aliphatic heterocycles. The fourth-order valence-electron chi connectivity index (χ4n) is 7.33. The minimum Gasteiger partial charge on any atom is -0.496 e. The maximum atomic E-state index is 12.9. The van der Waals surface area contributed by atoms with Crippen LogP contribution in [0.1, 0.15) is 70.1 Å². The molecular weight excluding hydrogens is 777 g/mol. The van der Waals surface area contributed by atoms with Crippen LogP contribution in [0.2, 0.25) is 0 Å². The molecule has 8 rings (SSSR count). The van der Waals surface area contributed by atoms with E-state index in [1.807, 2.05) is 69.0 Å². The van der Waals surface area contributed by atoms with Crippen LogP contribution in [-0.2, 0) is 39.3 Å². The van der Waals surface area contributed by atoms with Crippen molar-refractivity contribution in [3.63, 3.8) is 0 Å². The number of fused-ring (bicyclic) bond motifs is 2. The number of benzene rings is 2. The van der Waals surface area contributed by atoms with Crippen molar-refractivity contribution < 1.29 is 4.74 Å². The number of nitrogens with one attached hydrogen (secondary N) is 2. The van der Waals surface area contributed by atoms with Crippen LogP contribution in [-0.4, -0.2) is 64.9 Å². The molecule has 0 atom stereocenters. The lowest BCUT2D eigenvalue weighted by Crippen LogP contribution is -2.40. The SMILES string of the molecule is CCCn1c(=O)c2[nH]c(-c3cnn(Cc4ccc(C)cc4)c3)nc2n(CCC)c1=O.CCCn1c(=O)c2[nH]c(-c3cnn(Cc4ccccc4OC)c3)nc2n(CCC)c1=O. The summed E-state index contributed by atoms with van der Waals surface area (Å²) in [5.41, 5.74) is 5.10. The molecule has 0 unspecified atom stereocenters. The number of H-pyrrole nitrogens is 2. The highest BCUT2D eigenvalue weighted by Crippen LogP contribution is 2.22. The number of hydrogen-bond acceptors (Lipinski definition) is 9. The smallest absolute Gasteiger partial charge is 0.332 e. The number of nitrogens with zero attached hydrogens (tertiary/aromatic N) is 10. The summed E-state index contributed by atoms with van der Waals surface area (Å²) in [6.07, 6.45) is 10.1. The molecule has 17 heteroatoms. The third-order valence-electron chi connectivity index (χ3n) is 10.3. The average molecular weight is 829 g/mol. The summed E-state index contributed by atoms with van der Waals surface area (Å²) in [7, 11) is 1.64. The lowest BCUT2D eigenvalue weighted by atomic mass is 10.1. The first-order valence-corrected chi connectivity index (χ1v) is 20.8. The summed E-state index contributed by atoms with van der Waals surface area (Å²) in [6.45, 7) is 12.9. The summed E-state index contributed by atoms with van der Waals surface area (Å²) >= 11 is 0. The summed E-state index contributed by atoms with van der Waals surface area (Å²) in [6, 6.07) is 16.1. The van der Waals surface area contributed by atoms with Crippen molar-refractivity contribution >= 4 is 22.3 Å². The number of aromatic nitrogens is 12. The Morgan fingerprint density at radius 3 is 1.52 bits per heavy atom. The lowest BCUT2D eigenvalue weighted by molar-refractivity contribution is 0.407. The summed E-state index contributed by atoms with van der Waals surface area (Å²) in [5, 5.41) is 8.86. The molecule has 8 aromatic rings. The molecule has 318 valence electrons. The van der Waals surface area contributed by atoms with Gasteiger partial charge in [0.1, 0.15) is 28.4 Å². The van der Waals surface area contributed by atoms with Crippen LogP contribution in [0, 0.1) is 6.92 Å². The summed E-state index contributed by atoms with van der Waals surface area (Å²) in [5.74, 6) is 1.84. The van der Waals surface area contributed by atoms with Gasteiger partial charge in [-0.3, -0.25) is 37.2 Å². The van der Waals surface area contributed by atoms with E-state index in [4.69, 9.17) is 4.74 Å². The van der Waals surface area contributed by atoms with E-state index in [0.717, 1.165) is 40.8 Å². The van der Waals surface area contributed by atoms with Gasteiger partial charge in [0.15, 0.2) is 11.3 Å².